The first-order valence-corrected chi connectivity index (χ1v) is 9.20. The van der Waals surface area contributed by atoms with E-state index in [4.69, 9.17) is 4.74 Å². The standard InChI is InChI=1S/C17H19NO2.C5H10O2/c19-17(10-12-18-13-11-17)14-6-8-16(9-7-14)20-15-4-2-1-3-5-15;1-5(2,3)7-4-6/h1-9,18-19H,10-13H2;4H,1-3H3. The molecule has 1 aliphatic heterocycles. The predicted octanol–water partition coefficient (Wildman–Crippen LogP) is 4.01. The number of benzene rings is 2. The minimum Gasteiger partial charge on any atom is -0.462 e. The van der Waals surface area contributed by atoms with Gasteiger partial charge in [-0.25, -0.2) is 0 Å². The Bertz CT molecular complexity index is 687. The van der Waals surface area contributed by atoms with Crippen LogP contribution in [0.2, 0.25) is 0 Å². The second-order valence-electron chi connectivity index (χ2n) is 7.55. The van der Waals surface area contributed by atoms with Crippen molar-refractivity contribution >= 4 is 6.47 Å². The highest BCUT2D eigenvalue weighted by molar-refractivity contribution is 5.38. The van der Waals surface area contributed by atoms with Gasteiger partial charge in [0.1, 0.15) is 17.1 Å². The van der Waals surface area contributed by atoms with Gasteiger partial charge in [0.25, 0.3) is 6.47 Å². The lowest BCUT2D eigenvalue weighted by atomic mass is 9.85. The number of para-hydroxylation sites is 1. The third kappa shape index (κ3) is 7.04. The largest absolute Gasteiger partial charge is 0.462 e. The molecular formula is C22H29NO4. The summed E-state index contributed by atoms with van der Waals surface area (Å²) in [5.41, 5.74) is -0.0439. The monoisotopic (exact) mass is 371 g/mol. The molecule has 0 aromatic heterocycles. The zero-order valence-corrected chi connectivity index (χ0v) is 16.3. The van der Waals surface area contributed by atoms with E-state index >= 15 is 0 Å². The molecular weight excluding hydrogens is 342 g/mol. The van der Waals surface area contributed by atoms with Crippen LogP contribution in [0.3, 0.4) is 0 Å². The lowest BCUT2D eigenvalue weighted by Crippen LogP contribution is -2.39. The predicted molar refractivity (Wildman–Crippen MR) is 106 cm³/mol. The number of hydrogen-bond donors (Lipinski definition) is 2. The first kappa shape index (κ1) is 20.9. The fourth-order valence-electron chi connectivity index (χ4n) is 2.73. The maximum atomic E-state index is 10.6. The molecule has 1 heterocycles. The van der Waals surface area contributed by atoms with E-state index in [9.17, 15) is 9.90 Å². The molecule has 5 heteroatoms. The normalized spacial score (nSPS) is 15.9. The minimum atomic E-state index is -0.698. The fraction of sp³-hybridized carbons (Fsp3) is 0.409. The summed E-state index contributed by atoms with van der Waals surface area (Å²) in [6.07, 6.45) is 1.51. The smallest absolute Gasteiger partial charge is 0.293 e. The van der Waals surface area contributed by atoms with Crippen LogP contribution in [0.1, 0.15) is 39.2 Å². The first-order chi connectivity index (χ1) is 12.8. The molecule has 1 aliphatic rings. The van der Waals surface area contributed by atoms with E-state index in [0.717, 1.165) is 43.0 Å². The van der Waals surface area contributed by atoms with Gasteiger partial charge in [-0.1, -0.05) is 30.3 Å². The van der Waals surface area contributed by atoms with E-state index in [-0.39, 0.29) is 5.60 Å². The summed E-state index contributed by atoms with van der Waals surface area (Å²) in [4.78, 5) is 9.60. The number of carbonyl (C=O) groups excluding carboxylic acids is 1. The molecule has 0 amide bonds. The number of nitrogens with one attached hydrogen (secondary N) is 1. The molecule has 146 valence electrons. The van der Waals surface area contributed by atoms with E-state index in [1.165, 1.54) is 0 Å². The third-order valence-corrected chi connectivity index (χ3v) is 4.20. The average Bonchev–Trinajstić information content (AvgIpc) is 2.63. The van der Waals surface area contributed by atoms with Gasteiger partial charge in [-0.15, -0.1) is 0 Å². The van der Waals surface area contributed by atoms with Crippen LogP contribution < -0.4 is 10.1 Å². The summed E-state index contributed by atoms with van der Waals surface area (Å²) in [5, 5.41) is 13.9. The zero-order chi connectivity index (χ0) is 19.8. The molecule has 1 saturated heterocycles. The van der Waals surface area contributed by atoms with Crippen molar-refractivity contribution in [2.75, 3.05) is 13.1 Å². The molecule has 0 atom stereocenters. The first-order valence-electron chi connectivity index (χ1n) is 9.20. The van der Waals surface area contributed by atoms with E-state index in [1.807, 2.05) is 75.4 Å². The Morgan fingerprint density at radius 3 is 2.00 bits per heavy atom. The van der Waals surface area contributed by atoms with Crippen molar-refractivity contribution in [1.82, 2.24) is 5.32 Å². The van der Waals surface area contributed by atoms with Gasteiger partial charge in [-0.2, -0.15) is 0 Å². The molecule has 0 bridgehead atoms. The van der Waals surface area contributed by atoms with Gasteiger partial charge in [0.15, 0.2) is 0 Å². The van der Waals surface area contributed by atoms with Crippen LogP contribution in [0.5, 0.6) is 11.5 Å². The summed E-state index contributed by atoms with van der Waals surface area (Å²) in [6.45, 7) is 7.64. The van der Waals surface area contributed by atoms with Gasteiger partial charge in [0.2, 0.25) is 0 Å². The summed E-state index contributed by atoms with van der Waals surface area (Å²) in [7, 11) is 0. The van der Waals surface area contributed by atoms with Crippen LogP contribution in [-0.4, -0.2) is 30.3 Å². The summed E-state index contributed by atoms with van der Waals surface area (Å²) in [5.74, 6) is 1.61. The molecule has 0 radical (unpaired) electrons. The Morgan fingerprint density at radius 1 is 0.963 bits per heavy atom. The van der Waals surface area contributed by atoms with Crippen LogP contribution in [0.15, 0.2) is 54.6 Å². The molecule has 0 spiro atoms. The van der Waals surface area contributed by atoms with Gasteiger partial charge in [0, 0.05) is 0 Å². The summed E-state index contributed by atoms with van der Waals surface area (Å²) in [6, 6.07) is 17.5. The molecule has 3 rings (SSSR count). The number of rotatable bonds is 4. The molecule has 2 aromatic carbocycles. The molecule has 0 unspecified atom stereocenters. The second-order valence-corrected chi connectivity index (χ2v) is 7.55. The van der Waals surface area contributed by atoms with Crippen molar-refractivity contribution in [3.05, 3.63) is 60.2 Å². The molecule has 1 fully saturated rings. The lowest BCUT2D eigenvalue weighted by Gasteiger charge is -2.33. The number of ether oxygens (including phenoxy) is 2. The topological polar surface area (TPSA) is 67.8 Å². The molecule has 27 heavy (non-hydrogen) atoms. The Hall–Kier alpha value is -2.37. The zero-order valence-electron chi connectivity index (χ0n) is 16.3. The minimum absolute atomic E-state index is 0.318. The van der Waals surface area contributed by atoms with E-state index in [0.29, 0.717) is 6.47 Å². The van der Waals surface area contributed by atoms with Gasteiger partial charge in [-0.3, -0.25) is 4.79 Å². The van der Waals surface area contributed by atoms with Crippen molar-refractivity contribution in [3.63, 3.8) is 0 Å². The molecule has 5 nitrogen and oxygen atoms in total. The highest BCUT2D eigenvalue weighted by Crippen LogP contribution is 2.32. The fourth-order valence-corrected chi connectivity index (χ4v) is 2.73. The van der Waals surface area contributed by atoms with E-state index in [2.05, 4.69) is 10.1 Å². The Balaban J connectivity index is 0.000000321. The Morgan fingerprint density at radius 2 is 1.52 bits per heavy atom. The number of piperidine rings is 1. The van der Waals surface area contributed by atoms with Crippen LogP contribution in [0.25, 0.3) is 0 Å². The van der Waals surface area contributed by atoms with Crippen molar-refractivity contribution in [3.8, 4) is 11.5 Å². The van der Waals surface area contributed by atoms with Gasteiger partial charge < -0.3 is 19.9 Å². The van der Waals surface area contributed by atoms with E-state index < -0.39 is 5.60 Å². The average molecular weight is 371 g/mol. The molecule has 2 aromatic rings. The third-order valence-electron chi connectivity index (χ3n) is 4.20. The number of carbonyl (C=O) groups is 1. The highest BCUT2D eigenvalue weighted by Gasteiger charge is 2.30. The summed E-state index contributed by atoms with van der Waals surface area (Å²) < 4.78 is 10.3. The quantitative estimate of drug-likeness (QED) is 0.795. The van der Waals surface area contributed by atoms with Gasteiger partial charge in [-0.05, 0) is 76.5 Å². The van der Waals surface area contributed by atoms with Gasteiger partial charge >= 0.3 is 0 Å². The number of hydrogen-bond acceptors (Lipinski definition) is 5. The van der Waals surface area contributed by atoms with E-state index in [1.54, 1.807) is 0 Å². The lowest BCUT2D eigenvalue weighted by molar-refractivity contribution is -0.138. The Kier molecular flexibility index (Phi) is 7.39. The van der Waals surface area contributed by atoms with Crippen LogP contribution in [0.4, 0.5) is 0 Å². The van der Waals surface area contributed by atoms with Crippen molar-refractivity contribution in [1.29, 1.82) is 0 Å². The van der Waals surface area contributed by atoms with Gasteiger partial charge in [0.05, 0.1) is 5.60 Å². The van der Waals surface area contributed by atoms with Crippen molar-refractivity contribution < 1.29 is 19.4 Å². The van der Waals surface area contributed by atoms with Crippen molar-refractivity contribution in [2.45, 2.75) is 44.8 Å². The van der Waals surface area contributed by atoms with Crippen LogP contribution in [-0.2, 0) is 15.1 Å². The Labute approximate surface area is 161 Å². The maximum Gasteiger partial charge on any atom is 0.293 e. The number of aliphatic hydroxyl groups is 1. The highest BCUT2D eigenvalue weighted by atomic mass is 16.5. The summed E-state index contributed by atoms with van der Waals surface area (Å²) >= 11 is 0. The van der Waals surface area contributed by atoms with Crippen molar-refractivity contribution in [2.24, 2.45) is 0 Å². The molecule has 2 N–H and O–H groups in total. The SMILES string of the molecule is CC(C)(C)OC=O.OC1(c2ccc(Oc3ccccc3)cc2)CCNCC1. The molecule has 0 aliphatic carbocycles. The van der Waals surface area contributed by atoms with Crippen LogP contribution in [0, 0.1) is 0 Å². The van der Waals surface area contributed by atoms with Crippen LogP contribution >= 0.6 is 0 Å². The maximum absolute atomic E-state index is 10.6. The second kappa shape index (κ2) is 9.53. The molecule has 0 saturated carbocycles.